The van der Waals surface area contributed by atoms with Crippen molar-refractivity contribution in [2.45, 2.75) is 105 Å². The molecule has 0 aromatic carbocycles. The molecule has 0 bridgehead atoms. The summed E-state index contributed by atoms with van der Waals surface area (Å²) in [6, 6.07) is 0. The summed E-state index contributed by atoms with van der Waals surface area (Å²) in [6.07, 6.45) is 11.8. The van der Waals surface area contributed by atoms with E-state index in [1.807, 2.05) is 0 Å². The van der Waals surface area contributed by atoms with Crippen LogP contribution in [0.3, 0.4) is 0 Å². The highest BCUT2D eigenvalue weighted by atomic mass is 19.3. The molecule has 1 nitrogen and oxygen atoms in total. The molecular formula is C27H42F2O. The molecule has 0 unspecified atom stereocenters. The molecule has 0 aromatic heterocycles. The fourth-order valence-corrected chi connectivity index (χ4v) is 8.65. The van der Waals surface area contributed by atoms with E-state index in [1.54, 1.807) is 0 Å². The topological polar surface area (TPSA) is 17.1 Å². The molecule has 0 aliphatic heterocycles. The average molecular weight is 421 g/mol. The van der Waals surface area contributed by atoms with E-state index in [1.165, 1.54) is 44.6 Å². The molecule has 4 aliphatic carbocycles. The van der Waals surface area contributed by atoms with Gasteiger partial charge < -0.3 is 0 Å². The lowest BCUT2D eigenvalue weighted by molar-refractivity contribution is -0.151. The molecule has 0 spiro atoms. The molecule has 4 aliphatic rings. The molecule has 3 fully saturated rings. The Morgan fingerprint density at radius 2 is 1.77 bits per heavy atom. The van der Waals surface area contributed by atoms with Gasteiger partial charge in [0.25, 0.3) is 0 Å². The Morgan fingerprint density at radius 3 is 2.47 bits per heavy atom. The van der Waals surface area contributed by atoms with Gasteiger partial charge in [-0.2, -0.15) is 8.78 Å². The van der Waals surface area contributed by atoms with Crippen molar-refractivity contribution >= 4 is 5.78 Å². The summed E-state index contributed by atoms with van der Waals surface area (Å²) in [7, 11) is 0. The number of carbonyl (C=O) groups excluding carboxylic acids is 1. The summed E-state index contributed by atoms with van der Waals surface area (Å²) in [4.78, 5) is 11.9. The van der Waals surface area contributed by atoms with Crippen LogP contribution in [0.15, 0.2) is 11.6 Å². The third-order valence-electron chi connectivity index (χ3n) is 10.2. The Kier molecular flexibility index (Phi) is 5.76. The molecule has 0 radical (unpaired) electrons. The number of hydrogen-bond acceptors (Lipinski definition) is 1. The standard InChI is InChI=1S/C27H42F2O/c1-17(2)7-6-8-18(3)21-11-12-22-20-10-9-19-15-24(30)27(28,29)16-26(19,5)23(20)13-14-25(21,22)4/h15,17-18,20-23H,6-14,16H2,1-5H3/t18-,20+,21-,22+,23+,25-,26+/m1/s1. The first-order chi connectivity index (χ1) is 14.0. The van der Waals surface area contributed by atoms with Crippen LogP contribution in [0, 0.1) is 46.3 Å². The second kappa shape index (κ2) is 7.69. The van der Waals surface area contributed by atoms with Crippen molar-refractivity contribution in [3.8, 4) is 0 Å². The summed E-state index contributed by atoms with van der Waals surface area (Å²) in [5.74, 6) is -0.234. The van der Waals surface area contributed by atoms with Crippen molar-refractivity contribution in [2.24, 2.45) is 46.3 Å². The Hall–Kier alpha value is -0.730. The SMILES string of the molecule is CC(C)CCC[C@@H](C)[C@H]1CC[C@H]2[C@@H]3CCC4=CC(=O)C(F)(F)C[C@]4(C)[C@H]3CC[C@]12C. The predicted octanol–water partition coefficient (Wildman–Crippen LogP) is 7.84. The van der Waals surface area contributed by atoms with E-state index >= 15 is 0 Å². The van der Waals surface area contributed by atoms with E-state index in [0.29, 0.717) is 23.2 Å². The lowest BCUT2D eigenvalue weighted by atomic mass is 9.46. The zero-order valence-electron chi connectivity index (χ0n) is 19.8. The maximum atomic E-state index is 14.5. The van der Waals surface area contributed by atoms with Crippen molar-refractivity contribution in [2.75, 3.05) is 0 Å². The summed E-state index contributed by atoms with van der Waals surface area (Å²) in [6.45, 7) is 11.7. The normalized spacial score (nSPS) is 43.6. The number of allylic oxidation sites excluding steroid dienone is 1. The summed E-state index contributed by atoms with van der Waals surface area (Å²) in [5, 5.41) is 0. The van der Waals surface area contributed by atoms with E-state index in [9.17, 15) is 13.6 Å². The van der Waals surface area contributed by atoms with Gasteiger partial charge in [0.05, 0.1) is 0 Å². The molecule has 7 atom stereocenters. The number of carbonyl (C=O) groups is 1. The third kappa shape index (κ3) is 3.51. The quantitative estimate of drug-likeness (QED) is 0.443. The number of rotatable bonds is 5. The molecule has 0 saturated heterocycles. The maximum absolute atomic E-state index is 14.5. The van der Waals surface area contributed by atoms with Crippen LogP contribution < -0.4 is 0 Å². The first-order valence-electron chi connectivity index (χ1n) is 12.6. The summed E-state index contributed by atoms with van der Waals surface area (Å²) in [5.41, 5.74) is 0.922. The molecule has 0 N–H and O–H groups in total. The second-order valence-corrected chi connectivity index (χ2v) is 12.3. The highest BCUT2D eigenvalue weighted by molar-refractivity contribution is 5.97. The second-order valence-electron chi connectivity index (χ2n) is 12.3. The smallest absolute Gasteiger partial charge is 0.288 e. The average Bonchev–Trinajstić information content (AvgIpc) is 2.99. The Balaban J connectivity index is 1.53. The van der Waals surface area contributed by atoms with Crippen molar-refractivity contribution in [1.82, 2.24) is 0 Å². The molecular weight excluding hydrogens is 378 g/mol. The Labute approximate surface area is 182 Å². The van der Waals surface area contributed by atoms with Crippen molar-refractivity contribution < 1.29 is 13.6 Å². The number of hydrogen-bond donors (Lipinski definition) is 0. The fraction of sp³-hybridized carbons (Fsp3) is 0.889. The van der Waals surface area contributed by atoms with E-state index in [-0.39, 0.29) is 6.42 Å². The lowest BCUT2D eigenvalue weighted by Gasteiger charge is -2.59. The van der Waals surface area contributed by atoms with Crippen molar-refractivity contribution in [3.05, 3.63) is 11.6 Å². The monoisotopic (exact) mass is 420 g/mol. The summed E-state index contributed by atoms with van der Waals surface area (Å²) < 4.78 is 28.9. The van der Waals surface area contributed by atoms with Gasteiger partial charge in [0.15, 0.2) is 0 Å². The minimum Gasteiger partial charge on any atom is -0.288 e. The van der Waals surface area contributed by atoms with Gasteiger partial charge in [-0.25, -0.2) is 0 Å². The van der Waals surface area contributed by atoms with Crippen LogP contribution in [0.2, 0.25) is 0 Å². The van der Waals surface area contributed by atoms with Crippen molar-refractivity contribution in [1.29, 1.82) is 0 Å². The van der Waals surface area contributed by atoms with Gasteiger partial charge in [-0.15, -0.1) is 0 Å². The summed E-state index contributed by atoms with van der Waals surface area (Å²) >= 11 is 0. The molecule has 0 amide bonds. The molecule has 0 aromatic rings. The number of alkyl halides is 2. The van der Waals surface area contributed by atoms with E-state index in [2.05, 4.69) is 34.6 Å². The fourth-order valence-electron chi connectivity index (χ4n) is 8.65. The molecule has 170 valence electrons. The molecule has 3 saturated carbocycles. The molecule has 3 heteroatoms. The van der Waals surface area contributed by atoms with Crippen LogP contribution in [-0.2, 0) is 4.79 Å². The van der Waals surface area contributed by atoms with Gasteiger partial charge in [-0.1, -0.05) is 59.5 Å². The number of ketones is 1. The minimum absolute atomic E-state index is 0.260. The van der Waals surface area contributed by atoms with E-state index < -0.39 is 17.1 Å². The number of fused-ring (bicyclic) bond motifs is 5. The van der Waals surface area contributed by atoms with Gasteiger partial charge in [0.1, 0.15) is 0 Å². The first-order valence-corrected chi connectivity index (χ1v) is 12.6. The van der Waals surface area contributed by atoms with E-state index in [4.69, 9.17) is 0 Å². The van der Waals surface area contributed by atoms with Crippen LogP contribution in [0.4, 0.5) is 8.78 Å². The third-order valence-corrected chi connectivity index (χ3v) is 10.2. The zero-order chi connectivity index (χ0) is 21.9. The molecule has 0 heterocycles. The predicted molar refractivity (Wildman–Crippen MR) is 118 cm³/mol. The van der Waals surface area contributed by atoms with Crippen LogP contribution in [-0.4, -0.2) is 11.7 Å². The van der Waals surface area contributed by atoms with Crippen molar-refractivity contribution in [3.63, 3.8) is 0 Å². The Bertz CT molecular complexity index is 710. The van der Waals surface area contributed by atoms with Crippen LogP contribution in [0.25, 0.3) is 0 Å². The van der Waals surface area contributed by atoms with Gasteiger partial charge in [0.2, 0.25) is 5.78 Å². The largest absolute Gasteiger partial charge is 0.309 e. The maximum Gasteiger partial charge on any atom is 0.309 e. The highest BCUT2D eigenvalue weighted by Crippen LogP contribution is 2.68. The minimum atomic E-state index is -3.18. The van der Waals surface area contributed by atoms with Gasteiger partial charge in [0, 0.05) is 6.42 Å². The Morgan fingerprint density at radius 1 is 1.03 bits per heavy atom. The van der Waals surface area contributed by atoms with Crippen LogP contribution in [0.1, 0.15) is 98.8 Å². The van der Waals surface area contributed by atoms with Crippen LogP contribution >= 0.6 is 0 Å². The zero-order valence-corrected chi connectivity index (χ0v) is 19.8. The van der Waals surface area contributed by atoms with Crippen LogP contribution in [0.5, 0.6) is 0 Å². The van der Waals surface area contributed by atoms with Gasteiger partial charge >= 0.3 is 5.92 Å². The van der Waals surface area contributed by atoms with Gasteiger partial charge in [-0.3, -0.25) is 4.79 Å². The molecule has 30 heavy (non-hydrogen) atoms. The highest BCUT2D eigenvalue weighted by Gasteiger charge is 2.62. The van der Waals surface area contributed by atoms with E-state index in [0.717, 1.165) is 42.6 Å². The number of halogens is 2. The first kappa shape index (κ1) is 22.5. The lowest BCUT2D eigenvalue weighted by Crippen LogP contribution is -2.53. The molecule has 4 rings (SSSR count). The van der Waals surface area contributed by atoms with Gasteiger partial charge in [-0.05, 0) is 90.9 Å².